The van der Waals surface area contributed by atoms with Crippen molar-refractivity contribution in [3.8, 4) is 0 Å². The Morgan fingerprint density at radius 2 is 2.18 bits per heavy atom. The highest BCUT2D eigenvalue weighted by atomic mass is 16.5. The van der Waals surface area contributed by atoms with E-state index in [0.29, 0.717) is 13.0 Å². The molecular formula is C13H17NO3. The molecule has 1 fully saturated rings. The van der Waals surface area contributed by atoms with E-state index in [0.717, 1.165) is 5.56 Å². The lowest BCUT2D eigenvalue weighted by molar-refractivity contribution is -0.150. The number of rotatable bonds is 3. The Morgan fingerprint density at radius 1 is 1.47 bits per heavy atom. The van der Waals surface area contributed by atoms with Crippen LogP contribution in [0.25, 0.3) is 0 Å². The fraction of sp³-hybridized carbons (Fsp3) is 0.462. The van der Waals surface area contributed by atoms with Gasteiger partial charge in [0.25, 0.3) is 0 Å². The Balaban J connectivity index is 1.91. The minimum absolute atomic E-state index is 0.261. The quantitative estimate of drug-likeness (QED) is 0.768. The number of esters is 1. The van der Waals surface area contributed by atoms with E-state index in [-0.39, 0.29) is 18.1 Å². The summed E-state index contributed by atoms with van der Waals surface area (Å²) in [5, 5.41) is 12.3. The van der Waals surface area contributed by atoms with E-state index in [2.05, 4.69) is 5.32 Å². The van der Waals surface area contributed by atoms with E-state index in [4.69, 9.17) is 4.74 Å². The number of aliphatic hydroxyl groups excluding tert-OH is 1. The Kier molecular flexibility index (Phi) is 3.76. The molecule has 1 aromatic rings. The lowest BCUT2D eigenvalue weighted by Gasteiger charge is -2.16. The molecule has 0 amide bonds. The molecule has 4 nitrogen and oxygen atoms in total. The van der Waals surface area contributed by atoms with Gasteiger partial charge in [-0.2, -0.15) is 0 Å². The summed E-state index contributed by atoms with van der Waals surface area (Å²) < 4.78 is 5.36. The first-order chi connectivity index (χ1) is 8.16. The molecular weight excluding hydrogens is 218 g/mol. The number of β-amino-alcohol motifs (C(OH)–C–C–N with tert-alkyl or cyclic N) is 1. The number of ether oxygens (including phenoxy) is 1. The standard InChI is InChI=1S/C13H17NO3/c1-9(10-5-3-2-4-6-10)17-13(16)12-7-11(15)8-14-12/h2-6,9,11-12,14-15H,7-8H2,1H3. The van der Waals surface area contributed by atoms with Crippen molar-refractivity contribution in [1.82, 2.24) is 5.32 Å². The van der Waals surface area contributed by atoms with Gasteiger partial charge in [-0.3, -0.25) is 4.79 Å². The van der Waals surface area contributed by atoms with Crippen molar-refractivity contribution in [3.63, 3.8) is 0 Å². The summed E-state index contributed by atoms with van der Waals surface area (Å²) in [6.07, 6.45) is -0.275. The fourth-order valence-corrected chi connectivity index (χ4v) is 1.95. The molecule has 2 rings (SSSR count). The van der Waals surface area contributed by atoms with Crippen LogP contribution in [0, 0.1) is 0 Å². The predicted molar refractivity (Wildman–Crippen MR) is 63.4 cm³/mol. The molecule has 1 aromatic carbocycles. The summed E-state index contributed by atoms with van der Waals surface area (Å²) >= 11 is 0. The van der Waals surface area contributed by atoms with Gasteiger partial charge in [-0.25, -0.2) is 0 Å². The van der Waals surface area contributed by atoms with Crippen molar-refractivity contribution in [2.75, 3.05) is 6.54 Å². The van der Waals surface area contributed by atoms with Crippen LogP contribution in [0.5, 0.6) is 0 Å². The van der Waals surface area contributed by atoms with Gasteiger partial charge in [-0.05, 0) is 12.5 Å². The van der Waals surface area contributed by atoms with Gasteiger partial charge in [-0.1, -0.05) is 30.3 Å². The SMILES string of the molecule is CC(OC(=O)C1CC(O)CN1)c1ccccc1. The maximum absolute atomic E-state index is 11.8. The van der Waals surface area contributed by atoms with Gasteiger partial charge in [0.15, 0.2) is 0 Å². The molecule has 0 spiro atoms. The van der Waals surface area contributed by atoms with E-state index >= 15 is 0 Å². The lowest BCUT2D eigenvalue weighted by Crippen LogP contribution is -2.32. The zero-order chi connectivity index (χ0) is 12.3. The van der Waals surface area contributed by atoms with Crippen LogP contribution >= 0.6 is 0 Å². The third-order valence-corrected chi connectivity index (χ3v) is 2.95. The number of hydrogen-bond acceptors (Lipinski definition) is 4. The summed E-state index contributed by atoms with van der Waals surface area (Å²) in [5.74, 6) is -0.294. The van der Waals surface area contributed by atoms with E-state index in [9.17, 15) is 9.90 Å². The summed E-state index contributed by atoms with van der Waals surface area (Å²) in [6, 6.07) is 9.22. The maximum Gasteiger partial charge on any atom is 0.323 e. The Hall–Kier alpha value is -1.39. The lowest BCUT2D eigenvalue weighted by atomic mass is 10.1. The Bertz CT molecular complexity index is 380. The van der Waals surface area contributed by atoms with Gasteiger partial charge < -0.3 is 15.2 Å². The average Bonchev–Trinajstić information content (AvgIpc) is 2.77. The van der Waals surface area contributed by atoms with Gasteiger partial charge in [-0.15, -0.1) is 0 Å². The maximum atomic E-state index is 11.8. The fourth-order valence-electron chi connectivity index (χ4n) is 1.95. The molecule has 92 valence electrons. The second-order valence-electron chi connectivity index (χ2n) is 4.34. The smallest absolute Gasteiger partial charge is 0.323 e. The molecule has 3 unspecified atom stereocenters. The second kappa shape index (κ2) is 5.29. The number of benzene rings is 1. The van der Waals surface area contributed by atoms with E-state index in [1.54, 1.807) is 0 Å². The van der Waals surface area contributed by atoms with Crippen LogP contribution in [0.2, 0.25) is 0 Å². The zero-order valence-corrected chi connectivity index (χ0v) is 9.80. The second-order valence-corrected chi connectivity index (χ2v) is 4.34. The van der Waals surface area contributed by atoms with E-state index < -0.39 is 6.10 Å². The number of carbonyl (C=O) groups excluding carboxylic acids is 1. The largest absolute Gasteiger partial charge is 0.457 e. The normalized spacial score (nSPS) is 25.5. The summed E-state index contributed by atoms with van der Waals surface area (Å²) in [4.78, 5) is 11.8. The number of nitrogens with one attached hydrogen (secondary N) is 1. The van der Waals surface area contributed by atoms with Gasteiger partial charge >= 0.3 is 5.97 Å². The number of hydrogen-bond donors (Lipinski definition) is 2. The van der Waals surface area contributed by atoms with Crippen LogP contribution in [0.1, 0.15) is 25.0 Å². The highest BCUT2D eigenvalue weighted by Crippen LogP contribution is 2.18. The van der Waals surface area contributed by atoms with Crippen LogP contribution < -0.4 is 5.32 Å². The minimum atomic E-state index is -0.445. The average molecular weight is 235 g/mol. The van der Waals surface area contributed by atoms with Crippen molar-refractivity contribution < 1.29 is 14.6 Å². The first-order valence-corrected chi connectivity index (χ1v) is 5.83. The minimum Gasteiger partial charge on any atom is -0.457 e. The third kappa shape index (κ3) is 3.05. The molecule has 0 saturated carbocycles. The molecule has 17 heavy (non-hydrogen) atoms. The zero-order valence-electron chi connectivity index (χ0n) is 9.80. The molecule has 1 saturated heterocycles. The third-order valence-electron chi connectivity index (χ3n) is 2.95. The van der Waals surface area contributed by atoms with E-state index in [1.807, 2.05) is 37.3 Å². The highest BCUT2D eigenvalue weighted by molar-refractivity contribution is 5.76. The monoisotopic (exact) mass is 235 g/mol. The summed E-state index contributed by atoms with van der Waals surface area (Å²) in [7, 11) is 0. The van der Waals surface area contributed by atoms with Crippen molar-refractivity contribution in [3.05, 3.63) is 35.9 Å². The first-order valence-electron chi connectivity index (χ1n) is 5.83. The van der Waals surface area contributed by atoms with Crippen LogP contribution in [0.4, 0.5) is 0 Å². The summed E-state index contributed by atoms with van der Waals surface area (Å²) in [5.41, 5.74) is 0.972. The Labute approximate surface area is 101 Å². The highest BCUT2D eigenvalue weighted by Gasteiger charge is 2.30. The van der Waals surface area contributed by atoms with Gasteiger partial charge in [0.05, 0.1) is 6.10 Å². The molecule has 4 heteroatoms. The van der Waals surface area contributed by atoms with Crippen LogP contribution in [0.3, 0.4) is 0 Å². The van der Waals surface area contributed by atoms with Crippen molar-refractivity contribution in [2.45, 2.75) is 31.6 Å². The first kappa shape index (κ1) is 12.1. The molecule has 1 aliphatic rings. The molecule has 0 radical (unpaired) electrons. The number of carbonyl (C=O) groups is 1. The molecule has 1 heterocycles. The van der Waals surface area contributed by atoms with Gasteiger partial charge in [0.2, 0.25) is 0 Å². The Morgan fingerprint density at radius 3 is 2.76 bits per heavy atom. The predicted octanol–water partition coefficient (Wildman–Crippen LogP) is 1.01. The van der Waals surface area contributed by atoms with Crippen molar-refractivity contribution in [1.29, 1.82) is 0 Å². The van der Waals surface area contributed by atoms with Crippen molar-refractivity contribution >= 4 is 5.97 Å². The van der Waals surface area contributed by atoms with Crippen LogP contribution in [-0.4, -0.2) is 29.8 Å². The number of aliphatic hydroxyl groups is 1. The molecule has 1 aliphatic heterocycles. The van der Waals surface area contributed by atoms with Crippen LogP contribution in [0.15, 0.2) is 30.3 Å². The van der Waals surface area contributed by atoms with E-state index in [1.165, 1.54) is 0 Å². The van der Waals surface area contributed by atoms with Crippen molar-refractivity contribution in [2.24, 2.45) is 0 Å². The topological polar surface area (TPSA) is 58.6 Å². The molecule has 0 bridgehead atoms. The molecule has 3 atom stereocenters. The molecule has 2 N–H and O–H groups in total. The molecule has 0 aliphatic carbocycles. The molecule has 0 aromatic heterocycles. The van der Waals surface area contributed by atoms with Crippen LogP contribution in [-0.2, 0) is 9.53 Å². The summed E-state index contributed by atoms with van der Waals surface area (Å²) in [6.45, 7) is 2.30. The van der Waals surface area contributed by atoms with Gasteiger partial charge in [0.1, 0.15) is 12.1 Å². The van der Waals surface area contributed by atoms with Gasteiger partial charge in [0, 0.05) is 13.0 Å².